The summed E-state index contributed by atoms with van der Waals surface area (Å²) in [5.41, 5.74) is 1.37. The first-order valence-corrected chi connectivity index (χ1v) is 9.70. The highest BCUT2D eigenvalue weighted by Crippen LogP contribution is 2.29. The van der Waals surface area contributed by atoms with Gasteiger partial charge in [0.15, 0.2) is 5.13 Å². The van der Waals surface area contributed by atoms with Gasteiger partial charge in [0, 0.05) is 5.56 Å². The van der Waals surface area contributed by atoms with E-state index in [1.54, 1.807) is 24.3 Å². The van der Waals surface area contributed by atoms with Crippen LogP contribution in [0.4, 0.5) is 5.13 Å². The van der Waals surface area contributed by atoms with E-state index in [-0.39, 0.29) is 5.91 Å². The number of carbonyl (C=O) groups is 1. The molecule has 0 unspecified atom stereocenters. The molecule has 1 aromatic heterocycles. The van der Waals surface area contributed by atoms with Crippen LogP contribution in [0.15, 0.2) is 72.8 Å². The van der Waals surface area contributed by atoms with Gasteiger partial charge in [-0.15, -0.1) is 0 Å². The third kappa shape index (κ3) is 4.13. The molecule has 0 spiro atoms. The molecule has 5 nitrogen and oxygen atoms in total. The summed E-state index contributed by atoms with van der Waals surface area (Å²) < 4.78 is 12.2. The maximum Gasteiger partial charge on any atom is 0.257 e. The Bertz CT molecular complexity index is 1090. The van der Waals surface area contributed by atoms with E-state index in [1.807, 2.05) is 55.5 Å². The smallest absolute Gasteiger partial charge is 0.257 e. The lowest BCUT2D eigenvalue weighted by Gasteiger charge is -2.06. The highest BCUT2D eigenvalue weighted by molar-refractivity contribution is 7.22. The molecule has 140 valence electrons. The number of thiazole rings is 1. The van der Waals surface area contributed by atoms with Gasteiger partial charge in [0.25, 0.3) is 5.91 Å². The van der Waals surface area contributed by atoms with Crippen molar-refractivity contribution in [1.82, 2.24) is 4.98 Å². The molecular formula is C22H18N2O3S. The van der Waals surface area contributed by atoms with Crippen LogP contribution in [0.25, 0.3) is 10.2 Å². The number of amides is 1. The van der Waals surface area contributed by atoms with Crippen molar-refractivity contribution in [2.24, 2.45) is 0 Å². The number of rotatable bonds is 6. The Hall–Kier alpha value is -3.38. The van der Waals surface area contributed by atoms with Crippen molar-refractivity contribution in [3.63, 3.8) is 0 Å². The second-order valence-electron chi connectivity index (χ2n) is 5.98. The van der Waals surface area contributed by atoms with Crippen LogP contribution in [0.5, 0.6) is 17.2 Å². The zero-order chi connectivity index (χ0) is 19.3. The number of para-hydroxylation sites is 1. The number of hydrogen-bond acceptors (Lipinski definition) is 5. The molecule has 0 bridgehead atoms. The van der Waals surface area contributed by atoms with Crippen molar-refractivity contribution in [2.45, 2.75) is 6.92 Å². The Balaban J connectivity index is 1.45. The first kappa shape index (κ1) is 18.0. The van der Waals surface area contributed by atoms with Crippen molar-refractivity contribution < 1.29 is 14.3 Å². The first-order valence-electron chi connectivity index (χ1n) is 8.89. The average molecular weight is 390 g/mol. The summed E-state index contributed by atoms with van der Waals surface area (Å²) in [7, 11) is 0. The molecular weight excluding hydrogens is 372 g/mol. The largest absolute Gasteiger partial charge is 0.494 e. The van der Waals surface area contributed by atoms with Crippen molar-refractivity contribution >= 4 is 32.6 Å². The van der Waals surface area contributed by atoms with Crippen LogP contribution in [0, 0.1) is 0 Å². The molecule has 0 aliphatic carbocycles. The average Bonchev–Trinajstić information content (AvgIpc) is 3.11. The molecule has 0 saturated heterocycles. The van der Waals surface area contributed by atoms with E-state index in [1.165, 1.54) is 11.3 Å². The quantitative estimate of drug-likeness (QED) is 0.456. The lowest BCUT2D eigenvalue weighted by molar-refractivity contribution is 0.102. The summed E-state index contributed by atoms with van der Waals surface area (Å²) in [4.78, 5) is 17.0. The van der Waals surface area contributed by atoms with Gasteiger partial charge < -0.3 is 9.47 Å². The summed E-state index contributed by atoms with van der Waals surface area (Å²) in [6, 6.07) is 22.2. The van der Waals surface area contributed by atoms with E-state index >= 15 is 0 Å². The lowest BCUT2D eigenvalue weighted by Crippen LogP contribution is -2.11. The van der Waals surface area contributed by atoms with E-state index in [4.69, 9.17) is 9.47 Å². The Morgan fingerprint density at radius 1 is 0.964 bits per heavy atom. The van der Waals surface area contributed by atoms with Gasteiger partial charge in [0.05, 0.1) is 16.8 Å². The van der Waals surface area contributed by atoms with Gasteiger partial charge in [-0.1, -0.05) is 29.5 Å². The van der Waals surface area contributed by atoms with Crippen LogP contribution >= 0.6 is 11.3 Å². The maximum absolute atomic E-state index is 12.5. The summed E-state index contributed by atoms with van der Waals surface area (Å²) in [5, 5.41) is 3.41. The molecule has 1 heterocycles. The zero-order valence-corrected chi connectivity index (χ0v) is 16.0. The number of carbonyl (C=O) groups excluding carboxylic acids is 1. The molecule has 0 aliphatic rings. The number of benzene rings is 3. The van der Waals surface area contributed by atoms with Gasteiger partial charge in [-0.3, -0.25) is 10.1 Å². The number of ether oxygens (including phenoxy) is 2. The minimum absolute atomic E-state index is 0.213. The lowest BCUT2D eigenvalue weighted by atomic mass is 10.2. The fourth-order valence-electron chi connectivity index (χ4n) is 2.68. The van der Waals surface area contributed by atoms with Crippen molar-refractivity contribution in [3.05, 3.63) is 78.4 Å². The number of aromatic nitrogens is 1. The van der Waals surface area contributed by atoms with Crippen molar-refractivity contribution in [2.75, 3.05) is 11.9 Å². The van der Waals surface area contributed by atoms with Gasteiger partial charge in [0.2, 0.25) is 0 Å². The Morgan fingerprint density at radius 2 is 1.68 bits per heavy atom. The number of fused-ring (bicyclic) bond motifs is 1. The number of nitrogens with zero attached hydrogens (tertiary/aromatic N) is 1. The summed E-state index contributed by atoms with van der Waals surface area (Å²) >= 11 is 1.42. The minimum atomic E-state index is -0.213. The highest BCUT2D eigenvalue weighted by Gasteiger charge is 2.11. The molecule has 1 amide bonds. The molecule has 6 heteroatoms. The standard InChI is InChI=1S/C22H18N2O3S/c1-2-26-18-12-13-19-20(14-18)28-22(23-19)24-21(25)15-8-10-17(11-9-15)27-16-6-4-3-5-7-16/h3-14H,2H2,1H3,(H,23,24,25). The third-order valence-electron chi connectivity index (χ3n) is 3.99. The predicted molar refractivity (Wildman–Crippen MR) is 112 cm³/mol. The Morgan fingerprint density at radius 3 is 2.43 bits per heavy atom. The second kappa shape index (κ2) is 8.10. The molecule has 0 saturated carbocycles. The van der Waals surface area contributed by atoms with Gasteiger partial charge in [-0.25, -0.2) is 4.98 Å². The van der Waals surface area contributed by atoms with Gasteiger partial charge in [-0.2, -0.15) is 0 Å². The van der Waals surface area contributed by atoms with Crippen molar-refractivity contribution in [3.8, 4) is 17.2 Å². The van der Waals surface area contributed by atoms with Crippen LogP contribution in [-0.2, 0) is 0 Å². The number of nitrogens with one attached hydrogen (secondary N) is 1. The normalized spacial score (nSPS) is 10.6. The predicted octanol–water partition coefficient (Wildman–Crippen LogP) is 5.74. The van der Waals surface area contributed by atoms with Crippen LogP contribution in [0.2, 0.25) is 0 Å². The molecule has 4 aromatic rings. The van der Waals surface area contributed by atoms with Crippen LogP contribution in [0.3, 0.4) is 0 Å². The maximum atomic E-state index is 12.5. The van der Waals surface area contributed by atoms with E-state index in [2.05, 4.69) is 10.3 Å². The van der Waals surface area contributed by atoms with Crippen LogP contribution in [-0.4, -0.2) is 17.5 Å². The van der Waals surface area contributed by atoms with Gasteiger partial charge in [-0.05, 0) is 61.5 Å². The molecule has 28 heavy (non-hydrogen) atoms. The molecule has 0 radical (unpaired) electrons. The first-order chi connectivity index (χ1) is 13.7. The molecule has 0 atom stereocenters. The van der Waals surface area contributed by atoms with Gasteiger partial charge >= 0.3 is 0 Å². The van der Waals surface area contributed by atoms with E-state index in [0.717, 1.165) is 21.7 Å². The van der Waals surface area contributed by atoms with Crippen molar-refractivity contribution in [1.29, 1.82) is 0 Å². The van der Waals surface area contributed by atoms with Crippen LogP contribution in [0.1, 0.15) is 17.3 Å². The topological polar surface area (TPSA) is 60.5 Å². The summed E-state index contributed by atoms with van der Waals surface area (Å²) in [6.45, 7) is 2.55. The Kier molecular flexibility index (Phi) is 5.21. The highest BCUT2D eigenvalue weighted by atomic mass is 32.1. The van der Waals surface area contributed by atoms with Gasteiger partial charge in [0.1, 0.15) is 17.2 Å². The SMILES string of the molecule is CCOc1ccc2nc(NC(=O)c3ccc(Oc4ccccc4)cc3)sc2c1. The molecule has 1 N–H and O–H groups in total. The van der Waals surface area contributed by atoms with E-state index in [9.17, 15) is 4.79 Å². The number of hydrogen-bond donors (Lipinski definition) is 1. The second-order valence-corrected chi connectivity index (χ2v) is 7.01. The monoisotopic (exact) mass is 390 g/mol. The fourth-order valence-corrected chi connectivity index (χ4v) is 3.57. The molecule has 0 aliphatic heterocycles. The minimum Gasteiger partial charge on any atom is -0.494 e. The Labute approximate surface area is 166 Å². The zero-order valence-electron chi connectivity index (χ0n) is 15.2. The molecule has 3 aromatic carbocycles. The van der Waals surface area contributed by atoms with E-state index < -0.39 is 0 Å². The van der Waals surface area contributed by atoms with E-state index in [0.29, 0.717) is 23.1 Å². The number of anilines is 1. The summed E-state index contributed by atoms with van der Waals surface area (Å²) in [5.74, 6) is 2.01. The third-order valence-corrected chi connectivity index (χ3v) is 4.92. The summed E-state index contributed by atoms with van der Waals surface area (Å²) in [6.07, 6.45) is 0. The molecule has 0 fully saturated rings. The fraction of sp³-hybridized carbons (Fsp3) is 0.0909. The molecule has 4 rings (SSSR count). The van der Waals surface area contributed by atoms with Crippen LogP contribution < -0.4 is 14.8 Å².